The van der Waals surface area contributed by atoms with Crippen LogP contribution in [0.1, 0.15) is 17.0 Å². The van der Waals surface area contributed by atoms with Crippen molar-refractivity contribution in [1.82, 2.24) is 5.32 Å². The molecule has 0 saturated carbocycles. The second-order valence-electron chi connectivity index (χ2n) is 3.93. The second-order valence-corrected chi connectivity index (χ2v) is 4.79. The number of nitrogens with one attached hydrogen (secondary N) is 1. The minimum atomic E-state index is -4.58. The van der Waals surface area contributed by atoms with E-state index in [9.17, 15) is 18.0 Å². The highest BCUT2D eigenvalue weighted by atomic mass is 79.9. The summed E-state index contributed by atoms with van der Waals surface area (Å²) in [6.07, 6.45) is -3.66. The molecule has 2 heterocycles. The third-order valence-electron chi connectivity index (χ3n) is 2.96. The molecule has 2 rings (SSSR count). The SMILES string of the molecule is O=C(c1occc1Br)C1(C(F)(F)F)CCNC1. The number of furan rings is 1. The molecular weight excluding hydrogens is 303 g/mol. The fourth-order valence-corrected chi connectivity index (χ4v) is 2.31. The number of Topliss-reactive ketones (excluding diaryl/α,β-unsaturated/α-hetero) is 1. The van der Waals surface area contributed by atoms with Gasteiger partial charge < -0.3 is 9.73 Å². The van der Waals surface area contributed by atoms with Gasteiger partial charge in [0, 0.05) is 6.54 Å². The molecule has 0 aromatic carbocycles. The second kappa shape index (κ2) is 4.13. The van der Waals surface area contributed by atoms with Crippen molar-refractivity contribution in [2.24, 2.45) is 5.41 Å². The molecule has 0 radical (unpaired) electrons. The number of rotatable bonds is 2. The van der Waals surface area contributed by atoms with Crippen LogP contribution in [-0.2, 0) is 0 Å². The van der Waals surface area contributed by atoms with Gasteiger partial charge in [0.2, 0.25) is 5.78 Å². The fourth-order valence-electron chi connectivity index (χ4n) is 1.93. The van der Waals surface area contributed by atoms with Crippen LogP contribution in [0.4, 0.5) is 13.2 Å². The summed E-state index contributed by atoms with van der Waals surface area (Å²) < 4.78 is 44.3. The van der Waals surface area contributed by atoms with Crippen LogP contribution in [0, 0.1) is 5.41 Å². The summed E-state index contributed by atoms with van der Waals surface area (Å²) in [6.45, 7) is -0.230. The number of carbonyl (C=O) groups is 1. The lowest BCUT2D eigenvalue weighted by Gasteiger charge is -2.28. The fraction of sp³-hybridized carbons (Fsp3) is 0.500. The number of halogens is 4. The minimum absolute atomic E-state index is 0.170. The van der Waals surface area contributed by atoms with E-state index in [1.807, 2.05) is 0 Å². The molecule has 1 fully saturated rings. The molecule has 7 heteroatoms. The first-order chi connectivity index (χ1) is 7.88. The number of hydrogen-bond acceptors (Lipinski definition) is 3. The quantitative estimate of drug-likeness (QED) is 0.854. The van der Waals surface area contributed by atoms with Crippen molar-refractivity contribution in [2.45, 2.75) is 12.6 Å². The highest BCUT2D eigenvalue weighted by molar-refractivity contribution is 9.10. The van der Waals surface area contributed by atoms with Gasteiger partial charge in [0.25, 0.3) is 0 Å². The van der Waals surface area contributed by atoms with E-state index < -0.39 is 23.9 Å². The maximum absolute atomic E-state index is 13.1. The van der Waals surface area contributed by atoms with E-state index in [0.29, 0.717) is 0 Å². The van der Waals surface area contributed by atoms with Crippen LogP contribution in [0.3, 0.4) is 0 Å². The van der Waals surface area contributed by atoms with Gasteiger partial charge in [0.15, 0.2) is 5.76 Å². The highest BCUT2D eigenvalue weighted by Gasteiger charge is 2.62. The lowest BCUT2D eigenvalue weighted by atomic mass is 9.80. The molecule has 0 bridgehead atoms. The summed E-state index contributed by atoms with van der Waals surface area (Å²) in [5.41, 5.74) is -2.37. The first-order valence-corrected chi connectivity index (χ1v) is 5.73. The monoisotopic (exact) mass is 311 g/mol. The predicted octanol–water partition coefficient (Wildman–Crippen LogP) is 2.77. The summed E-state index contributed by atoms with van der Waals surface area (Å²) in [5, 5.41) is 2.58. The Bertz CT molecular complexity index is 435. The first-order valence-electron chi connectivity index (χ1n) is 4.94. The van der Waals surface area contributed by atoms with Crippen molar-refractivity contribution in [3.8, 4) is 0 Å². The molecule has 1 aromatic heterocycles. The molecule has 3 nitrogen and oxygen atoms in total. The first kappa shape index (κ1) is 12.6. The normalized spacial score (nSPS) is 25.2. The van der Waals surface area contributed by atoms with Crippen molar-refractivity contribution >= 4 is 21.7 Å². The average molecular weight is 312 g/mol. The molecule has 1 aliphatic rings. The van der Waals surface area contributed by atoms with E-state index in [2.05, 4.69) is 21.2 Å². The van der Waals surface area contributed by atoms with Gasteiger partial charge in [-0.3, -0.25) is 4.79 Å². The summed E-state index contributed by atoms with van der Waals surface area (Å²) >= 11 is 3.00. The van der Waals surface area contributed by atoms with Crippen LogP contribution in [0.2, 0.25) is 0 Å². The van der Waals surface area contributed by atoms with E-state index in [0.717, 1.165) is 0 Å². The standard InChI is InChI=1S/C10H9BrF3NO2/c11-6-1-4-17-7(6)8(16)9(10(12,13)14)2-3-15-5-9/h1,4,15H,2-3,5H2. The lowest BCUT2D eigenvalue weighted by molar-refractivity contribution is -0.197. The number of hydrogen-bond donors (Lipinski definition) is 1. The van der Waals surface area contributed by atoms with E-state index in [1.165, 1.54) is 12.3 Å². The number of alkyl halides is 3. The van der Waals surface area contributed by atoms with Gasteiger partial charge in [-0.1, -0.05) is 0 Å². The van der Waals surface area contributed by atoms with Crippen molar-refractivity contribution in [3.05, 3.63) is 22.6 Å². The zero-order valence-electron chi connectivity index (χ0n) is 8.60. The van der Waals surface area contributed by atoms with Crippen molar-refractivity contribution < 1.29 is 22.4 Å². The van der Waals surface area contributed by atoms with Gasteiger partial charge in [-0.05, 0) is 35.0 Å². The highest BCUT2D eigenvalue weighted by Crippen LogP contribution is 2.46. The van der Waals surface area contributed by atoms with Crippen LogP contribution < -0.4 is 5.32 Å². The van der Waals surface area contributed by atoms with Gasteiger partial charge in [0.1, 0.15) is 5.41 Å². The zero-order valence-corrected chi connectivity index (χ0v) is 10.2. The Morgan fingerprint density at radius 2 is 2.24 bits per heavy atom. The topological polar surface area (TPSA) is 42.2 Å². The lowest BCUT2D eigenvalue weighted by Crippen LogP contribution is -2.46. The van der Waals surface area contributed by atoms with Crippen LogP contribution in [0.25, 0.3) is 0 Å². The summed E-state index contributed by atoms with van der Waals surface area (Å²) in [5.74, 6) is -1.29. The minimum Gasteiger partial charge on any atom is -0.460 e. The molecule has 1 aromatic rings. The Balaban J connectivity index is 2.42. The molecule has 0 aliphatic carbocycles. The number of carbonyl (C=O) groups excluding carboxylic acids is 1. The average Bonchev–Trinajstić information content (AvgIpc) is 2.83. The Morgan fingerprint density at radius 1 is 1.53 bits per heavy atom. The van der Waals surface area contributed by atoms with Gasteiger partial charge >= 0.3 is 6.18 Å². The van der Waals surface area contributed by atoms with Crippen LogP contribution >= 0.6 is 15.9 Å². The van der Waals surface area contributed by atoms with Gasteiger partial charge in [0.05, 0.1) is 10.7 Å². The summed E-state index contributed by atoms with van der Waals surface area (Å²) in [6, 6.07) is 1.40. The Morgan fingerprint density at radius 3 is 2.65 bits per heavy atom. The molecule has 1 aliphatic heterocycles. The van der Waals surface area contributed by atoms with Crippen molar-refractivity contribution in [3.63, 3.8) is 0 Å². The van der Waals surface area contributed by atoms with Crippen molar-refractivity contribution in [2.75, 3.05) is 13.1 Å². The molecule has 0 amide bonds. The molecule has 1 atom stereocenters. The largest absolute Gasteiger partial charge is 0.460 e. The number of ketones is 1. The van der Waals surface area contributed by atoms with Gasteiger partial charge in [-0.25, -0.2) is 0 Å². The van der Waals surface area contributed by atoms with E-state index >= 15 is 0 Å². The molecular formula is C10H9BrF3NO2. The van der Waals surface area contributed by atoms with Gasteiger partial charge in [-0.2, -0.15) is 13.2 Å². The van der Waals surface area contributed by atoms with Crippen LogP contribution in [-0.4, -0.2) is 25.0 Å². The van der Waals surface area contributed by atoms with E-state index in [4.69, 9.17) is 4.42 Å². The Labute approximate surface area is 103 Å². The molecule has 1 saturated heterocycles. The molecule has 1 unspecified atom stereocenters. The molecule has 1 N–H and O–H groups in total. The van der Waals surface area contributed by atoms with Crippen LogP contribution in [0.15, 0.2) is 21.2 Å². The summed E-state index contributed by atoms with van der Waals surface area (Å²) in [7, 11) is 0. The molecule has 17 heavy (non-hydrogen) atoms. The third-order valence-corrected chi connectivity index (χ3v) is 3.58. The maximum Gasteiger partial charge on any atom is 0.403 e. The van der Waals surface area contributed by atoms with Crippen LogP contribution in [0.5, 0.6) is 0 Å². The maximum atomic E-state index is 13.1. The van der Waals surface area contributed by atoms with E-state index in [1.54, 1.807) is 0 Å². The Hall–Kier alpha value is -0.820. The van der Waals surface area contributed by atoms with Gasteiger partial charge in [-0.15, -0.1) is 0 Å². The van der Waals surface area contributed by atoms with E-state index in [-0.39, 0.29) is 23.2 Å². The van der Waals surface area contributed by atoms with Crippen molar-refractivity contribution in [1.29, 1.82) is 0 Å². The zero-order chi connectivity index (χ0) is 12.7. The molecule has 94 valence electrons. The third kappa shape index (κ3) is 1.91. The molecule has 0 spiro atoms. The smallest absolute Gasteiger partial charge is 0.403 e. The summed E-state index contributed by atoms with van der Waals surface area (Å²) in [4.78, 5) is 12.0. The Kier molecular flexibility index (Phi) is 3.07. The predicted molar refractivity (Wildman–Crippen MR) is 56.7 cm³/mol.